The Hall–Kier alpha value is -3.61. The number of aromatic nitrogens is 2. The molecule has 1 aliphatic carbocycles. The van der Waals surface area contributed by atoms with Gasteiger partial charge in [-0.2, -0.15) is 13.2 Å². The maximum absolute atomic E-state index is 13.1. The fourth-order valence-corrected chi connectivity index (χ4v) is 4.89. The van der Waals surface area contributed by atoms with Gasteiger partial charge in [-0.05, 0) is 37.5 Å². The van der Waals surface area contributed by atoms with Gasteiger partial charge < -0.3 is 15.3 Å². The van der Waals surface area contributed by atoms with Crippen LogP contribution in [0.15, 0.2) is 30.6 Å². The Bertz CT molecular complexity index is 1130. The van der Waals surface area contributed by atoms with Crippen LogP contribution < -0.4 is 15.6 Å². The minimum Gasteiger partial charge on any atom is -0.476 e. The number of hydrogen-bond donors (Lipinski definition) is 3. The number of halogens is 3. The van der Waals surface area contributed by atoms with Crippen LogP contribution in [-0.2, 0) is 11.0 Å². The van der Waals surface area contributed by atoms with E-state index in [1.807, 2.05) is 6.07 Å². The zero-order chi connectivity index (χ0) is 26.0. The maximum Gasteiger partial charge on any atom is 0.418 e. The third-order valence-corrected chi connectivity index (χ3v) is 6.80. The number of piperazine rings is 1. The molecule has 0 aromatic carbocycles. The van der Waals surface area contributed by atoms with Gasteiger partial charge in [0, 0.05) is 51.4 Å². The third kappa shape index (κ3) is 5.30. The lowest BCUT2D eigenvalue weighted by Crippen LogP contribution is -2.50. The molecule has 36 heavy (non-hydrogen) atoms. The molecule has 0 spiro atoms. The number of carboxylic acid groups (broad SMARTS) is 1. The van der Waals surface area contributed by atoms with Gasteiger partial charge in [-0.1, -0.05) is 0 Å². The lowest BCUT2D eigenvalue weighted by Gasteiger charge is -2.39. The zero-order valence-electron chi connectivity index (χ0n) is 19.6. The summed E-state index contributed by atoms with van der Waals surface area (Å²) in [7, 11) is 1.55. The van der Waals surface area contributed by atoms with Crippen LogP contribution in [-0.4, -0.2) is 76.7 Å². The van der Waals surface area contributed by atoms with E-state index in [9.17, 15) is 32.7 Å². The average Bonchev–Trinajstić information content (AvgIpc) is 3.51. The molecule has 2 aromatic heterocycles. The number of pyridine rings is 1. The van der Waals surface area contributed by atoms with Crippen LogP contribution in [0.25, 0.3) is 0 Å². The fourth-order valence-electron chi connectivity index (χ4n) is 4.89. The van der Waals surface area contributed by atoms with E-state index in [1.165, 1.54) is 0 Å². The number of carbonyl (C=O) groups excluding carboxylic acids is 2. The fraction of sp³-hybridized carbons (Fsp3) is 0.478. The van der Waals surface area contributed by atoms with Crippen molar-refractivity contribution in [2.45, 2.75) is 31.5 Å². The largest absolute Gasteiger partial charge is 0.476 e. The Kier molecular flexibility index (Phi) is 7.20. The van der Waals surface area contributed by atoms with Crippen LogP contribution in [0.1, 0.15) is 45.8 Å². The van der Waals surface area contributed by atoms with Crippen molar-refractivity contribution < 1.29 is 32.7 Å². The summed E-state index contributed by atoms with van der Waals surface area (Å²) in [4.78, 5) is 44.5. The predicted octanol–water partition coefficient (Wildman–Crippen LogP) is 2.02. The minimum absolute atomic E-state index is 0.158. The van der Waals surface area contributed by atoms with Gasteiger partial charge in [0.2, 0.25) is 5.91 Å². The Morgan fingerprint density at radius 2 is 1.81 bits per heavy atom. The first-order valence-corrected chi connectivity index (χ1v) is 11.6. The van der Waals surface area contributed by atoms with Crippen molar-refractivity contribution in [2.75, 3.05) is 43.6 Å². The molecule has 2 unspecified atom stereocenters. The molecule has 3 N–H and O–H groups in total. The van der Waals surface area contributed by atoms with E-state index in [1.54, 1.807) is 19.3 Å². The van der Waals surface area contributed by atoms with E-state index in [0.717, 1.165) is 44.5 Å². The highest BCUT2D eigenvalue weighted by molar-refractivity contribution is 5.92. The second kappa shape index (κ2) is 10.2. The molecule has 2 amide bonds. The van der Waals surface area contributed by atoms with Gasteiger partial charge in [0.25, 0.3) is 5.91 Å². The first-order valence-electron chi connectivity index (χ1n) is 11.6. The van der Waals surface area contributed by atoms with Crippen molar-refractivity contribution in [3.63, 3.8) is 0 Å². The second-order valence-corrected chi connectivity index (χ2v) is 8.89. The Labute approximate surface area is 205 Å². The molecular formula is C23H27F3N6O4. The standard InChI is InChI=1S/C23H27F3N6O4/c1-27-21(34)18-5-4-16(13-28-18)31-10-8-30(9-11-31)15-3-2-14(12-15)20(33)29-32-7-6-17(23(24,25)26)19(32)22(35)36/h4-7,13-15H,2-3,8-12H2,1H3,(H,27,34)(H,29,33)(H,35,36). The van der Waals surface area contributed by atoms with Crippen molar-refractivity contribution in [3.05, 3.63) is 47.5 Å². The minimum atomic E-state index is -4.84. The lowest BCUT2D eigenvalue weighted by molar-refractivity contribution is -0.138. The monoisotopic (exact) mass is 508 g/mol. The first kappa shape index (κ1) is 25.5. The predicted molar refractivity (Wildman–Crippen MR) is 123 cm³/mol. The van der Waals surface area contributed by atoms with Crippen molar-refractivity contribution >= 4 is 23.5 Å². The summed E-state index contributed by atoms with van der Waals surface area (Å²) in [6.45, 7) is 3.04. The highest BCUT2D eigenvalue weighted by atomic mass is 19.4. The Balaban J connectivity index is 1.31. The van der Waals surface area contributed by atoms with Crippen LogP contribution in [0, 0.1) is 5.92 Å². The summed E-state index contributed by atoms with van der Waals surface area (Å²) >= 11 is 0. The molecule has 13 heteroatoms. The van der Waals surface area contributed by atoms with Gasteiger partial charge in [-0.3, -0.25) is 24.6 Å². The molecule has 194 valence electrons. The number of amides is 2. The van der Waals surface area contributed by atoms with Gasteiger partial charge in [0.15, 0.2) is 5.69 Å². The SMILES string of the molecule is CNC(=O)c1ccc(N2CCN(C3CCC(C(=O)Nn4ccc(C(F)(F)F)c4C(=O)O)C3)CC2)cn1. The Morgan fingerprint density at radius 3 is 2.39 bits per heavy atom. The summed E-state index contributed by atoms with van der Waals surface area (Å²) in [5, 5.41) is 11.8. The number of anilines is 1. The van der Waals surface area contributed by atoms with Gasteiger partial charge in [0.05, 0.1) is 17.4 Å². The molecule has 1 aliphatic heterocycles. The van der Waals surface area contributed by atoms with Crippen molar-refractivity contribution in [3.8, 4) is 0 Å². The molecule has 3 heterocycles. The summed E-state index contributed by atoms with van der Waals surface area (Å²) in [6, 6.07) is 4.34. The van der Waals surface area contributed by atoms with Gasteiger partial charge in [-0.15, -0.1) is 0 Å². The number of carbonyl (C=O) groups is 3. The smallest absolute Gasteiger partial charge is 0.418 e. The maximum atomic E-state index is 13.1. The quantitative estimate of drug-likeness (QED) is 0.546. The highest BCUT2D eigenvalue weighted by Gasteiger charge is 2.39. The molecule has 10 nitrogen and oxygen atoms in total. The van der Waals surface area contributed by atoms with E-state index in [0.29, 0.717) is 29.3 Å². The molecule has 2 aliphatic rings. The van der Waals surface area contributed by atoms with Crippen molar-refractivity contribution in [1.29, 1.82) is 0 Å². The van der Waals surface area contributed by atoms with Crippen LogP contribution >= 0.6 is 0 Å². The molecule has 1 saturated carbocycles. The number of alkyl halides is 3. The zero-order valence-corrected chi connectivity index (χ0v) is 19.6. The first-order chi connectivity index (χ1) is 17.1. The van der Waals surface area contributed by atoms with Gasteiger partial charge >= 0.3 is 12.1 Å². The molecule has 2 fully saturated rings. The molecule has 2 atom stereocenters. The lowest BCUT2D eigenvalue weighted by atomic mass is 10.1. The third-order valence-electron chi connectivity index (χ3n) is 6.80. The van der Waals surface area contributed by atoms with Gasteiger partial charge in [0.1, 0.15) is 5.69 Å². The van der Waals surface area contributed by atoms with E-state index < -0.39 is 35.2 Å². The van der Waals surface area contributed by atoms with Crippen molar-refractivity contribution in [1.82, 2.24) is 19.9 Å². The van der Waals surface area contributed by atoms with Crippen LogP contribution in [0.3, 0.4) is 0 Å². The van der Waals surface area contributed by atoms with E-state index in [-0.39, 0.29) is 11.9 Å². The Morgan fingerprint density at radius 1 is 1.08 bits per heavy atom. The second-order valence-electron chi connectivity index (χ2n) is 8.89. The van der Waals surface area contributed by atoms with E-state index in [4.69, 9.17) is 0 Å². The van der Waals surface area contributed by atoms with E-state index >= 15 is 0 Å². The number of rotatable bonds is 6. The number of hydrogen-bond acceptors (Lipinski definition) is 6. The van der Waals surface area contributed by atoms with E-state index in [2.05, 4.69) is 25.5 Å². The summed E-state index contributed by atoms with van der Waals surface area (Å²) < 4.78 is 39.9. The average molecular weight is 509 g/mol. The molecule has 0 bridgehead atoms. The van der Waals surface area contributed by atoms with Crippen LogP contribution in [0.5, 0.6) is 0 Å². The molecule has 0 radical (unpaired) electrons. The molecule has 2 aromatic rings. The molecule has 4 rings (SSSR count). The summed E-state index contributed by atoms with van der Waals surface area (Å²) in [5.74, 6) is -2.94. The molecular weight excluding hydrogens is 481 g/mol. The number of carboxylic acids is 1. The normalized spacial score (nSPS) is 20.8. The topological polar surface area (TPSA) is 120 Å². The highest BCUT2D eigenvalue weighted by Crippen LogP contribution is 2.34. The van der Waals surface area contributed by atoms with Crippen LogP contribution in [0.2, 0.25) is 0 Å². The van der Waals surface area contributed by atoms with Crippen LogP contribution in [0.4, 0.5) is 18.9 Å². The molecule has 1 saturated heterocycles. The number of aromatic carboxylic acids is 1. The summed E-state index contributed by atoms with van der Waals surface area (Å²) in [6.07, 6.45) is -0.376. The van der Waals surface area contributed by atoms with Crippen molar-refractivity contribution in [2.24, 2.45) is 5.92 Å². The number of nitrogens with one attached hydrogen (secondary N) is 2. The van der Waals surface area contributed by atoms with Gasteiger partial charge in [-0.25, -0.2) is 9.78 Å². The number of nitrogens with zero attached hydrogens (tertiary/aromatic N) is 4. The summed E-state index contributed by atoms with van der Waals surface area (Å²) in [5.41, 5.74) is 1.27.